The van der Waals surface area contributed by atoms with Crippen LogP contribution in [-0.4, -0.2) is 76.8 Å². The minimum atomic E-state index is -3.35. The molecule has 1 aromatic rings. The van der Waals surface area contributed by atoms with Gasteiger partial charge in [0.15, 0.2) is 15.5 Å². The van der Waals surface area contributed by atoms with Crippen molar-refractivity contribution in [3.8, 4) is 5.75 Å². The molecule has 2 aliphatic heterocycles. The van der Waals surface area contributed by atoms with E-state index in [2.05, 4.69) is 4.98 Å². The number of sulfone groups is 1. The van der Waals surface area contributed by atoms with Crippen LogP contribution in [0, 0.1) is 5.92 Å². The zero-order valence-corrected chi connectivity index (χ0v) is 15.6. The Labute approximate surface area is 152 Å². The fourth-order valence-electron chi connectivity index (χ4n) is 3.68. The summed E-state index contributed by atoms with van der Waals surface area (Å²) in [5.41, 5.74) is -0.0995. The zero-order chi connectivity index (χ0) is 19.1. The highest BCUT2D eigenvalue weighted by Gasteiger charge is 2.49. The number of carbonyl (C=O) groups excluding carboxylic acids is 2. The van der Waals surface area contributed by atoms with Crippen molar-refractivity contribution in [2.45, 2.75) is 32.4 Å². The third-order valence-electron chi connectivity index (χ3n) is 4.83. The summed E-state index contributed by atoms with van der Waals surface area (Å²) in [5.74, 6) is -0.981. The number of hydrogen-bond donors (Lipinski definition) is 1. The molecule has 8 nitrogen and oxygen atoms in total. The molecule has 0 unspecified atom stereocenters. The second-order valence-electron chi connectivity index (χ2n) is 7.27. The van der Waals surface area contributed by atoms with E-state index in [1.807, 2.05) is 13.8 Å². The van der Waals surface area contributed by atoms with Crippen molar-refractivity contribution < 1.29 is 23.1 Å². The predicted molar refractivity (Wildman–Crippen MR) is 94.3 cm³/mol. The lowest BCUT2D eigenvalue weighted by Crippen LogP contribution is -2.62. The number of amides is 2. The van der Waals surface area contributed by atoms with E-state index in [4.69, 9.17) is 0 Å². The van der Waals surface area contributed by atoms with Crippen LogP contribution in [0.2, 0.25) is 0 Å². The van der Waals surface area contributed by atoms with E-state index in [1.165, 1.54) is 23.2 Å². The first-order valence-electron chi connectivity index (χ1n) is 8.64. The summed E-state index contributed by atoms with van der Waals surface area (Å²) in [6, 6.07) is 1.72. The molecule has 2 aliphatic rings. The van der Waals surface area contributed by atoms with Crippen LogP contribution < -0.4 is 0 Å². The lowest BCUT2D eigenvalue weighted by molar-refractivity contribution is -0.137. The number of fused-ring (bicyclic) bond motifs is 1. The maximum Gasteiger partial charge on any atom is 0.276 e. The van der Waals surface area contributed by atoms with Gasteiger partial charge in [0.2, 0.25) is 5.91 Å². The van der Waals surface area contributed by atoms with Crippen molar-refractivity contribution in [2.24, 2.45) is 5.92 Å². The largest absolute Gasteiger partial charge is 0.505 e. The summed E-state index contributed by atoms with van der Waals surface area (Å²) < 4.78 is 24.4. The van der Waals surface area contributed by atoms with Gasteiger partial charge in [-0.3, -0.25) is 9.59 Å². The normalized spacial score (nSPS) is 24.6. The predicted octanol–water partition coefficient (Wildman–Crippen LogP) is 0.283. The van der Waals surface area contributed by atoms with Gasteiger partial charge in [-0.1, -0.05) is 13.8 Å². The molecule has 2 atom stereocenters. The summed E-state index contributed by atoms with van der Waals surface area (Å²) in [7, 11) is -3.35. The number of carbonyl (C=O) groups is 2. The molecule has 3 rings (SSSR count). The van der Waals surface area contributed by atoms with Crippen molar-refractivity contribution in [1.82, 2.24) is 14.8 Å². The van der Waals surface area contributed by atoms with Gasteiger partial charge >= 0.3 is 0 Å². The van der Waals surface area contributed by atoms with Crippen LogP contribution in [0.3, 0.4) is 0 Å². The molecule has 0 radical (unpaired) electrons. The Morgan fingerprint density at radius 1 is 1.23 bits per heavy atom. The Hall–Kier alpha value is -2.16. The molecule has 0 aromatic carbocycles. The molecular weight excluding hydrogens is 358 g/mol. The summed E-state index contributed by atoms with van der Waals surface area (Å²) in [4.78, 5) is 32.3. The number of piperazine rings is 1. The van der Waals surface area contributed by atoms with Crippen LogP contribution in [0.4, 0.5) is 0 Å². The number of aromatic nitrogens is 1. The lowest BCUT2D eigenvalue weighted by atomic mass is 10.0. The highest BCUT2D eigenvalue weighted by Crippen LogP contribution is 2.30. The molecule has 2 amide bonds. The average molecular weight is 381 g/mol. The molecule has 2 saturated heterocycles. The molecule has 0 spiro atoms. The molecule has 2 fully saturated rings. The van der Waals surface area contributed by atoms with Crippen molar-refractivity contribution in [1.29, 1.82) is 0 Å². The quantitative estimate of drug-likeness (QED) is 0.806. The topological polar surface area (TPSA) is 108 Å². The Morgan fingerprint density at radius 3 is 2.46 bits per heavy atom. The van der Waals surface area contributed by atoms with Gasteiger partial charge < -0.3 is 14.9 Å². The third-order valence-corrected chi connectivity index (χ3v) is 6.53. The Morgan fingerprint density at radius 2 is 1.85 bits per heavy atom. The monoisotopic (exact) mass is 381 g/mol. The number of pyridine rings is 1. The molecule has 1 aromatic heterocycles. The standard InChI is InChI=1S/C17H23N3O5S/c1-11(2)8-15(22)19-6-7-20(13-10-26(24,25)9-12(13)19)17(23)16-14(21)4-3-5-18-16/h3-5,11-13,21H,6-10H2,1-2H3/t12-,13+/m1/s1. The average Bonchev–Trinajstić information content (AvgIpc) is 2.87. The van der Waals surface area contributed by atoms with Crippen molar-refractivity contribution in [3.05, 3.63) is 24.0 Å². The van der Waals surface area contributed by atoms with E-state index in [0.717, 1.165) is 0 Å². The minimum absolute atomic E-state index is 0.0834. The zero-order valence-electron chi connectivity index (χ0n) is 14.8. The number of hydrogen-bond acceptors (Lipinski definition) is 6. The van der Waals surface area contributed by atoms with Gasteiger partial charge in [-0.05, 0) is 18.1 Å². The van der Waals surface area contributed by atoms with E-state index >= 15 is 0 Å². The summed E-state index contributed by atoms with van der Waals surface area (Å²) in [5, 5.41) is 9.90. The highest BCUT2D eigenvalue weighted by atomic mass is 32.2. The molecule has 0 saturated carbocycles. The maximum atomic E-state index is 12.8. The Kier molecular flexibility index (Phi) is 4.92. The first kappa shape index (κ1) is 18.6. The van der Waals surface area contributed by atoms with Crippen molar-refractivity contribution >= 4 is 21.7 Å². The van der Waals surface area contributed by atoms with Crippen molar-refractivity contribution in [2.75, 3.05) is 24.6 Å². The van der Waals surface area contributed by atoms with Crippen LogP contribution in [0.25, 0.3) is 0 Å². The van der Waals surface area contributed by atoms with Crippen LogP contribution in [0.5, 0.6) is 5.75 Å². The first-order chi connectivity index (χ1) is 12.2. The van der Waals surface area contributed by atoms with E-state index in [0.29, 0.717) is 6.42 Å². The fraction of sp³-hybridized carbons (Fsp3) is 0.588. The Bertz CT molecular complexity index is 823. The van der Waals surface area contributed by atoms with Gasteiger partial charge in [-0.15, -0.1) is 0 Å². The second-order valence-corrected chi connectivity index (χ2v) is 9.42. The molecule has 0 bridgehead atoms. The molecule has 9 heteroatoms. The molecule has 26 heavy (non-hydrogen) atoms. The van der Waals surface area contributed by atoms with Gasteiger partial charge in [-0.2, -0.15) is 0 Å². The number of aromatic hydroxyl groups is 1. The van der Waals surface area contributed by atoms with Gasteiger partial charge in [0.25, 0.3) is 5.91 Å². The lowest BCUT2D eigenvalue weighted by Gasteiger charge is -2.44. The highest BCUT2D eigenvalue weighted by molar-refractivity contribution is 7.91. The van der Waals surface area contributed by atoms with Gasteiger partial charge in [-0.25, -0.2) is 13.4 Å². The maximum absolute atomic E-state index is 12.8. The molecule has 3 heterocycles. The molecular formula is C17H23N3O5S. The fourth-order valence-corrected chi connectivity index (χ4v) is 5.66. The molecule has 0 aliphatic carbocycles. The van der Waals surface area contributed by atoms with Gasteiger partial charge in [0, 0.05) is 25.7 Å². The van der Waals surface area contributed by atoms with Crippen LogP contribution in [-0.2, 0) is 14.6 Å². The second kappa shape index (κ2) is 6.86. The third kappa shape index (κ3) is 3.53. The summed E-state index contributed by atoms with van der Waals surface area (Å²) in [6.07, 6.45) is 1.75. The van der Waals surface area contributed by atoms with E-state index < -0.39 is 27.8 Å². The summed E-state index contributed by atoms with van der Waals surface area (Å²) in [6.45, 7) is 4.37. The smallest absolute Gasteiger partial charge is 0.276 e. The van der Waals surface area contributed by atoms with Crippen LogP contribution in [0.15, 0.2) is 18.3 Å². The number of nitrogens with zero attached hydrogens (tertiary/aromatic N) is 3. The Balaban J connectivity index is 1.88. The van der Waals surface area contributed by atoms with Gasteiger partial charge in [0.05, 0.1) is 23.6 Å². The van der Waals surface area contributed by atoms with E-state index in [-0.39, 0.29) is 47.9 Å². The summed E-state index contributed by atoms with van der Waals surface area (Å²) >= 11 is 0. The van der Waals surface area contributed by atoms with E-state index in [9.17, 15) is 23.1 Å². The molecule has 142 valence electrons. The van der Waals surface area contributed by atoms with E-state index in [1.54, 1.807) is 4.90 Å². The SMILES string of the molecule is CC(C)CC(=O)N1CCN(C(=O)c2ncccc2O)[C@H]2CS(=O)(=O)C[C@H]21. The van der Waals surface area contributed by atoms with Crippen molar-refractivity contribution in [3.63, 3.8) is 0 Å². The molecule has 1 N–H and O–H groups in total. The minimum Gasteiger partial charge on any atom is -0.505 e. The first-order valence-corrected chi connectivity index (χ1v) is 10.5. The van der Waals surface area contributed by atoms with Gasteiger partial charge in [0.1, 0.15) is 5.75 Å². The van der Waals surface area contributed by atoms with Crippen LogP contribution in [0.1, 0.15) is 30.8 Å². The van der Waals surface area contributed by atoms with Crippen LogP contribution >= 0.6 is 0 Å². The number of rotatable bonds is 3.